The Morgan fingerprint density at radius 1 is 1.04 bits per heavy atom. The van der Waals surface area contributed by atoms with Gasteiger partial charge in [-0.1, -0.05) is 35.9 Å². The minimum Gasteiger partial charge on any atom is -0.315 e. The third kappa shape index (κ3) is 4.15. The Morgan fingerprint density at radius 2 is 1.71 bits per heavy atom. The number of nitrogens with zero attached hydrogens (tertiary/aromatic N) is 2. The molecule has 2 aromatic rings. The predicted molar refractivity (Wildman–Crippen MR) is 98.7 cm³/mol. The van der Waals surface area contributed by atoms with E-state index in [9.17, 15) is 9.59 Å². The molecule has 0 aliphatic carbocycles. The molecule has 0 unspecified atom stereocenters. The largest absolute Gasteiger partial charge is 0.315 e. The Labute approximate surface area is 147 Å². The lowest BCUT2D eigenvalue weighted by Gasteiger charge is -2.25. The molecule has 0 heterocycles. The van der Waals surface area contributed by atoms with Crippen molar-refractivity contribution in [1.29, 1.82) is 0 Å². The summed E-state index contributed by atoms with van der Waals surface area (Å²) in [7, 11) is 1.74. The van der Waals surface area contributed by atoms with Crippen LogP contribution in [-0.2, 0) is 9.59 Å². The molecule has 126 valence electrons. The molecule has 0 aliphatic heterocycles. The van der Waals surface area contributed by atoms with Crippen LogP contribution in [0, 0.1) is 6.92 Å². The van der Waals surface area contributed by atoms with E-state index >= 15 is 0 Å². The molecule has 0 spiro atoms. The Hall–Kier alpha value is -2.33. The van der Waals surface area contributed by atoms with Crippen molar-refractivity contribution in [2.75, 3.05) is 23.4 Å². The molecule has 5 heteroatoms. The molecule has 2 amide bonds. The summed E-state index contributed by atoms with van der Waals surface area (Å²) >= 11 is 6.14. The number of benzene rings is 2. The Morgan fingerprint density at radius 3 is 2.33 bits per heavy atom. The van der Waals surface area contributed by atoms with Crippen LogP contribution in [0.1, 0.15) is 18.9 Å². The predicted octanol–water partition coefficient (Wildman–Crippen LogP) is 4.05. The molecule has 2 rings (SSSR count). The van der Waals surface area contributed by atoms with Crippen molar-refractivity contribution in [3.8, 4) is 0 Å². The Balaban J connectivity index is 2.11. The van der Waals surface area contributed by atoms with Gasteiger partial charge in [-0.15, -0.1) is 0 Å². The number of carbonyl (C=O) groups is 2. The summed E-state index contributed by atoms with van der Waals surface area (Å²) in [5.74, 6) is -0.164. The summed E-state index contributed by atoms with van der Waals surface area (Å²) in [5.41, 5.74) is 2.40. The van der Waals surface area contributed by atoms with E-state index in [0.717, 1.165) is 16.9 Å². The first-order valence-electron chi connectivity index (χ1n) is 7.76. The van der Waals surface area contributed by atoms with Gasteiger partial charge in [0, 0.05) is 43.3 Å². The lowest BCUT2D eigenvalue weighted by Crippen LogP contribution is -2.35. The number of hydrogen-bond donors (Lipinski definition) is 0. The van der Waals surface area contributed by atoms with E-state index < -0.39 is 0 Å². The van der Waals surface area contributed by atoms with Gasteiger partial charge in [0.2, 0.25) is 11.8 Å². The number of para-hydroxylation sites is 1. The van der Waals surface area contributed by atoms with Crippen LogP contribution in [-0.4, -0.2) is 25.4 Å². The van der Waals surface area contributed by atoms with E-state index in [1.165, 1.54) is 6.92 Å². The third-order valence-corrected chi connectivity index (χ3v) is 4.39. The van der Waals surface area contributed by atoms with Crippen LogP contribution in [0.2, 0.25) is 5.02 Å². The first-order chi connectivity index (χ1) is 11.4. The molecule has 0 saturated heterocycles. The van der Waals surface area contributed by atoms with Gasteiger partial charge < -0.3 is 9.80 Å². The van der Waals surface area contributed by atoms with Gasteiger partial charge in [0.05, 0.1) is 0 Å². The Kier molecular flexibility index (Phi) is 5.99. The van der Waals surface area contributed by atoms with Crippen molar-refractivity contribution in [2.45, 2.75) is 20.3 Å². The van der Waals surface area contributed by atoms with E-state index in [1.54, 1.807) is 29.0 Å². The van der Waals surface area contributed by atoms with Crippen molar-refractivity contribution >= 4 is 34.8 Å². The second kappa shape index (κ2) is 7.97. The maximum absolute atomic E-state index is 12.4. The van der Waals surface area contributed by atoms with Gasteiger partial charge in [-0.3, -0.25) is 9.59 Å². The molecule has 0 bridgehead atoms. The second-order valence-corrected chi connectivity index (χ2v) is 6.00. The third-order valence-electron chi connectivity index (χ3n) is 3.98. The zero-order valence-electron chi connectivity index (χ0n) is 14.1. The highest BCUT2D eigenvalue weighted by Gasteiger charge is 2.18. The normalized spacial score (nSPS) is 10.3. The van der Waals surface area contributed by atoms with Gasteiger partial charge in [0.25, 0.3) is 0 Å². The van der Waals surface area contributed by atoms with Crippen LogP contribution in [0.4, 0.5) is 11.4 Å². The second-order valence-electron chi connectivity index (χ2n) is 5.59. The highest BCUT2D eigenvalue weighted by Crippen LogP contribution is 2.27. The minimum atomic E-state index is -0.115. The van der Waals surface area contributed by atoms with E-state index in [2.05, 4.69) is 0 Å². The molecule has 0 aliphatic rings. The van der Waals surface area contributed by atoms with Crippen molar-refractivity contribution in [3.05, 3.63) is 59.1 Å². The summed E-state index contributed by atoms with van der Waals surface area (Å²) in [6, 6.07) is 14.9. The number of halogens is 1. The Bertz CT molecular complexity index is 731. The topological polar surface area (TPSA) is 40.6 Å². The molecule has 4 nitrogen and oxygen atoms in total. The lowest BCUT2D eigenvalue weighted by molar-refractivity contribution is -0.118. The molecule has 0 N–H and O–H groups in total. The zero-order chi connectivity index (χ0) is 17.7. The number of rotatable bonds is 5. The number of hydrogen-bond acceptors (Lipinski definition) is 2. The maximum Gasteiger partial charge on any atom is 0.228 e. The average Bonchev–Trinajstić information content (AvgIpc) is 2.58. The number of carbonyl (C=O) groups excluding carboxylic acids is 2. The van der Waals surface area contributed by atoms with E-state index in [1.807, 2.05) is 43.3 Å². The van der Waals surface area contributed by atoms with E-state index in [-0.39, 0.29) is 18.2 Å². The number of amides is 2. The van der Waals surface area contributed by atoms with Gasteiger partial charge in [-0.2, -0.15) is 0 Å². The smallest absolute Gasteiger partial charge is 0.228 e. The highest BCUT2D eigenvalue weighted by atomic mass is 35.5. The average molecular weight is 345 g/mol. The molecule has 0 fully saturated rings. The van der Waals surface area contributed by atoms with Gasteiger partial charge in [-0.05, 0) is 36.8 Å². The first-order valence-corrected chi connectivity index (χ1v) is 8.14. The van der Waals surface area contributed by atoms with Gasteiger partial charge in [0.15, 0.2) is 0 Å². The molecule has 0 radical (unpaired) electrons. The van der Waals surface area contributed by atoms with Gasteiger partial charge in [0.1, 0.15) is 0 Å². The van der Waals surface area contributed by atoms with Crippen LogP contribution >= 0.6 is 11.6 Å². The van der Waals surface area contributed by atoms with Crippen molar-refractivity contribution < 1.29 is 9.59 Å². The zero-order valence-corrected chi connectivity index (χ0v) is 14.9. The van der Waals surface area contributed by atoms with Gasteiger partial charge >= 0.3 is 0 Å². The molecule has 0 atom stereocenters. The molecule has 0 saturated carbocycles. The van der Waals surface area contributed by atoms with Crippen molar-refractivity contribution in [1.82, 2.24) is 0 Å². The van der Waals surface area contributed by atoms with Crippen molar-refractivity contribution in [2.24, 2.45) is 0 Å². The van der Waals surface area contributed by atoms with E-state index in [4.69, 9.17) is 11.6 Å². The quantitative estimate of drug-likeness (QED) is 0.820. The van der Waals surface area contributed by atoms with E-state index in [0.29, 0.717) is 11.6 Å². The van der Waals surface area contributed by atoms with Crippen LogP contribution in [0.5, 0.6) is 0 Å². The molecule has 2 aromatic carbocycles. The monoisotopic (exact) mass is 344 g/mol. The van der Waals surface area contributed by atoms with Crippen LogP contribution in [0.25, 0.3) is 0 Å². The summed E-state index contributed by atoms with van der Waals surface area (Å²) < 4.78 is 0. The number of anilines is 2. The molecular formula is C19H21ClN2O2. The van der Waals surface area contributed by atoms with Crippen LogP contribution in [0.3, 0.4) is 0 Å². The summed E-state index contributed by atoms with van der Waals surface area (Å²) in [6.07, 6.45) is 0.233. The SMILES string of the molecule is CC(=O)N(CCC(=O)N(C)c1ccccc1)c1cccc(Cl)c1C. The van der Waals surface area contributed by atoms with Crippen molar-refractivity contribution in [3.63, 3.8) is 0 Å². The van der Waals surface area contributed by atoms with Gasteiger partial charge in [-0.25, -0.2) is 0 Å². The summed E-state index contributed by atoms with van der Waals surface area (Å²) in [4.78, 5) is 27.6. The molecule has 24 heavy (non-hydrogen) atoms. The summed E-state index contributed by atoms with van der Waals surface area (Å²) in [5, 5.41) is 0.603. The fraction of sp³-hybridized carbons (Fsp3) is 0.263. The maximum atomic E-state index is 12.4. The summed E-state index contributed by atoms with van der Waals surface area (Å²) in [6.45, 7) is 3.67. The van der Waals surface area contributed by atoms with Crippen LogP contribution in [0.15, 0.2) is 48.5 Å². The fourth-order valence-corrected chi connectivity index (χ4v) is 2.68. The first kappa shape index (κ1) is 18.0. The highest BCUT2D eigenvalue weighted by molar-refractivity contribution is 6.31. The molecular weight excluding hydrogens is 324 g/mol. The van der Waals surface area contributed by atoms with Crippen LogP contribution < -0.4 is 9.80 Å². The molecule has 0 aromatic heterocycles. The minimum absolute atomic E-state index is 0.0490. The standard InChI is InChI=1S/C19H21ClN2O2/c1-14-17(20)10-7-11-18(14)22(15(2)23)13-12-19(24)21(3)16-8-5-4-6-9-16/h4-11H,12-13H2,1-3H3. The fourth-order valence-electron chi connectivity index (χ4n) is 2.51. The lowest BCUT2D eigenvalue weighted by atomic mass is 10.1.